The molecule has 0 fully saturated rings. The second kappa shape index (κ2) is 6.34. The number of carbonyl (C=O) groups is 2. The molecule has 0 heterocycles. The molecule has 0 aliphatic carbocycles. The Labute approximate surface area is 107 Å². The van der Waals surface area contributed by atoms with Gasteiger partial charge in [0.25, 0.3) is 5.91 Å². The average Bonchev–Trinajstić information content (AvgIpc) is 2.31. The molecule has 4 nitrogen and oxygen atoms in total. The van der Waals surface area contributed by atoms with E-state index in [9.17, 15) is 18.4 Å². The van der Waals surface area contributed by atoms with Crippen LogP contribution in [-0.2, 0) is 4.79 Å². The lowest BCUT2D eigenvalue weighted by molar-refractivity contribution is -0.139. The van der Waals surface area contributed by atoms with Gasteiger partial charge in [-0.25, -0.2) is 13.6 Å². The number of halogens is 2. The first-order valence-corrected chi connectivity index (χ1v) is 5.69. The minimum Gasteiger partial charge on any atom is -0.480 e. The summed E-state index contributed by atoms with van der Waals surface area (Å²) in [7, 11) is 0. The molecule has 1 aromatic carbocycles. The van der Waals surface area contributed by atoms with Crippen molar-refractivity contribution in [2.45, 2.75) is 12.5 Å². The third kappa shape index (κ3) is 3.43. The molecule has 1 atom stereocenters. The van der Waals surface area contributed by atoms with Crippen LogP contribution < -0.4 is 5.32 Å². The molecule has 7 heteroatoms. The van der Waals surface area contributed by atoms with Gasteiger partial charge in [-0.15, -0.1) is 0 Å². The second-order valence-electron chi connectivity index (χ2n) is 3.48. The quantitative estimate of drug-likeness (QED) is 0.713. The largest absolute Gasteiger partial charge is 0.480 e. The molecule has 0 radical (unpaired) electrons. The van der Waals surface area contributed by atoms with Crippen LogP contribution in [0.15, 0.2) is 18.2 Å². The van der Waals surface area contributed by atoms with Gasteiger partial charge in [-0.1, -0.05) is 6.07 Å². The first kappa shape index (κ1) is 14.4. The van der Waals surface area contributed by atoms with E-state index >= 15 is 0 Å². The summed E-state index contributed by atoms with van der Waals surface area (Å²) >= 11 is 3.85. The van der Waals surface area contributed by atoms with Crippen LogP contribution in [-0.4, -0.2) is 28.8 Å². The number of benzene rings is 1. The summed E-state index contributed by atoms with van der Waals surface area (Å²) in [4.78, 5) is 22.4. The first-order valence-electron chi connectivity index (χ1n) is 5.06. The normalized spacial score (nSPS) is 11.9. The van der Waals surface area contributed by atoms with Crippen molar-refractivity contribution in [2.75, 3.05) is 5.75 Å². The molecule has 2 N–H and O–H groups in total. The summed E-state index contributed by atoms with van der Waals surface area (Å²) in [5, 5.41) is 10.9. The zero-order valence-corrected chi connectivity index (χ0v) is 10.1. The number of carboxylic acids is 1. The summed E-state index contributed by atoms with van der Waals surface area (Å²) in [5.41, 5.74) is -0.527. The van der Waals surface area contributed by atoms with Crippen LogP contribution in [0.2, 0.25) is 0 Å². The predicted octanol–water partition coefficient (Wildman–Crippen LogP) is 1.47. The number of nitrogens with one attached hydrogen (secondary N) is 1. The standard InChI is InChI=1S/C11H11F2NO3S/c12-7-3-1-2-6(9(7)13)10(15)14-8(4-5-18)11(16)17/h1-3,8,18H,4-5H2,(H,14,15)(H,16,17). The van der Waals surface area contributed by atoms with Crippen molar-refractivity contribution in [3.63, 3.8) is 0 Å². The molecule has 0 aromatic heterocycles. The number of aliphatic carboxylic acids is 1. The van der Waals surface area contributed by atoms with Crippen molar-refractivity contribution in [3.8, 4) is 0 Å². The fraction of sp³-hybridized carbons (Fsp3) is 0.273. The van der Waals surface area contributed by atoms with Gasteiger partial charge >= 0.3 is 5.97 Å². The zero-order chi connectivity index (χ0) is 13.7. The average molecular weight is 275 g/mol. The van der Waals surface area contributed by atoms with Gasteiger partial charge in [-0.3, -0.25) is 4.79 Å². The van der Waals surface area contributed by atoms with E-state index in [1.165, 1.54) is 6.07 Å². The summed E-state index contributed by atoms with van der Waals surface area (Å²) < 4.78 is 26.2. The highest BCUT2D eigenvalue weighted by atomic mass is 32.1. The Morgan fingerprint density at radius 1 is 1.39 bits per heavy atom. The molecule has 0 aliphatic rings. The first-order chi connectivity index (χ1) is 8.47. The second-order valence-corrected chi connectivity index (χ2v) is 3.93. The molecule has 0 saturated carbocycles. The van der Waals surface area contributed by atoms with Gasteiger partial charge in [0.15, 0.2) is 11.6 Å². The Kier molecular flexibility index (Phi) is 5.08. The lowest BCUT2D eigenvalue weighted by Crippen LogP contribution is -2.41. The van der Waals surface area contributed by atoms with E-state index in [0.29, 0.717) is 0 Å². The number of carbonyl (C=O) groups excluding carboxylic acids is 1. The SMILES string of the molecule is O=C(NC(CCS)C(=O)O)c1cccc(F)c1F. The number of rotatable bonds is 5. The van der Waals surface area contributed by atoms with Crippen LogP contribution in [0.4, 0.5) is 8.78 Å². The molecule has 0 saturated heterocycles. The van der Waals surface area contributed by atoms with Crippen molar-refractivity contribution in [1.82, 2.24) is 5.32 Å². The van der Waals surface area contributed by atoms with Gasteiger partial charge in [-0.2, -0.15) is 12.6 Å². The molecule has 1 unspecified atom stereocenters. The predicted molar refractivity (Wildman–Crippen MR) is 63.7 cm³/mol. The lowest BCUT2D eigenvalue weighted by atomic mass is 10.1. The maximum absolute atomic E-state index is 13.3. The highest BCUT2D eigenvalue weighted by molar-refractivity contribution is 7.80. The van der Waals surface area contributed by atoms with Crippen LogP contribution in [0, 0.1) is 11.6 Å². The summed E-state index contributed by atoms with van der Waals surface area (Å²) in [6.45, 7) is 0. The molecule has 1 amide bonds. The van der Waals surface area contributed by atoms with Gasteiger partial charge in [0.05, 0.1) is 5.56 Å². The monoisotopic (exact) mass is 275 g/mol. The van der Waals surface area contributed by atoms with E-state index in [1.807, 2.05) is 0 Å². The molecule has 1 aromatic rings. The number of thiol groups is 1. The molecule has 18 heavy (non-hydrogen) atoms. The van der Waals surface area contributed by atoms with Gasteiger partial charge in [0, 0.05) is 0 Å². The fourth-order valence-electron chi connectivity index (χ4n) is 1.30. The van der Waals surface area contributed by atoms with Crippen LogP contribution in [0.1, 0.15) is 16.8 Å². The van der Waals surface area contributed by atoms with Crippen LogP contribution in [0.3, 0.4) is 0 Å². The number of hydrogen-bond acceptors (Lipinski definition) is 3. The van der Waals surface area contributed by atoms with Gasteiger partial charge in [0.2, 0.25) is 0 Å². The van der Waals surface area contributed by atoms with Crippen molar-refractivity contribution in [2.24, 2.45) is 0 Å². The van der Waals surface area contributed by atoms with Gasteiger partial charge in [0.1, 0.15) is 6.04 Å². The van der Waals surface area contributed by atoms with Crippen LogP contribution >= 0.6 is 12.6 Å². The minimum atomic E-state index is -1.30. The van der Waals surface area contributed by atoms with Crippen molar-refractivity contribution >= 4 is 24.5 Å². The van der Waals surface area contributed by atoms with E-state index in [4.69, 9.17) is 5.11 Å². The Hall–Kier alpha value is -1.63. The minimum absolute atomic E-state index is 0.0844. The van der Waals surface area contributed by atoms with E-state index < -0.39 is 35.1 Å². The topological polar surface area (TPSA) is 66.4 Å². The maximum atomic E-state index is 13.3. The summed E-state index contributed by atoms with van der Waals surface area (Å²) in [5.74, 6) is -4.45. The third-order valence-corrected chi connectivity index (χ3v) is 2.48. The zero-order valence-electron chi connectivity index (χ0n) is 9.19. The lowest BCUT2D eigenvalue weighted by Gasteiger charge is -2.13. The van der Waals surface area contributed by atoms with Crippen LogP contribution in [0.5, 0.6) is 0 Å². The molecule has 98 valence electrons. The molecular weight excluding hydrogens is 264 g/mol. The smallest absolute Gasteiger partial charge is 0.326 e. The maximum Gasteiger partial charge on any atom is 0.326 e. The fourth-order valence-corrected chi connectivity index (χ4v) is 1.56. The van der Waals surface area contributed by atoms with Crippen LogP contribution in [0.25, 0.3) is 0 Å². The highest BCUT2D eigenvalue weighted by Gasteiger charge is 2.22. The molecule has 0 spiro atoms. The number of carboxylic acid groups (broad SMARTS) is 1. The van der Waals surface area contributed by atoms with E-state index in [0.717, 1.165) is 12.1 Å². The third-order valence-electron chi connectivity index (χ3n) is 2.22. The van der Waals surface area contributed by atoms with E-state index in [1.54, 1.807) is 0 Å². The van der Waals surface area contributed by atoms with E-state index in [2.05, 4.69) is 17.9 Å². The van der Waals surface area contributed by atoms with Crippen molar-refractivity contribution in [3.05, 3.63) is 35.4 Å². The number of amides is 1. The highest BCUT2D eigenvalue weighted by Crippen LogP contribution is 2.11. The van der Waals surface area contributed by atoms with Gasteiger partial charge in [-0.05, 0) is 24.3 Å². The molecule has 1 rings (SSSR count). The van der Waals surface area contributed by atoms with Crippen molar-refractivity contribution < 1.29 is 23.5 Å². The Balaban J connectivity index is 2.87. The summed E-state index contributed by atoms with van der Waals surface area (Å²) in [6.07, 6.45) is 0.0844. The molecular formula is C11H11F2NO3S. The van der Waals surface area contributed by atoms with E-state index in [-0.39, 0.29) is 12.2 Å². The molecule has 0 aliphatic heterocycles. The number of hydrogen-bond donors (Lipinski definition) is 3. The Bertz CT molecular complexity index is 468. The molecule has 0 bridgehead atoms. The summed E-state index contributed by atoms with van der Waals surface area (Å²) in [6, 6.07) is 1.93. The Morgan fingerprint density at radius 3 is 2.61 bits per heavy atom. The Morgan fingerprint density at radius 2 is 2.06 bits per heavy atom. The van der Waals surface area contributed by atoms with Crippen molar-refractivity contribution in [1.29, 1.82) is 0 Å². The van der Waals surface area contributed by atoms with Gasteiger partial charge < -0.3 is 10.4 Å².